The molecule has 1 saturated carbocycles. The van der Waals surface area contributed by atoms with E-state index >= 15 is 0 Å². The van der Waals surface area contributed by atoms with E-state index in [1.807, 2.05) is 12.1 Å². The third-order valence-corrected chi connectivity index (χ3v) is 4.97. The summed E-state index contributed by atoms with van der Waals surface area (Å²) in [6, 6.07) is 4.08. The summed E-state index contributed by atoms with van der Waals surface area (Å²) < 4.78 is 5.75. The van der Waals surface area contributed by atoms with E-state index in [2.05, 4.69) is 12.2 Å². The molecule has 110 valence electrons. The SMILES string of the molecule is CC1(CNCc2cc(Cl)cc3c2OCC3)CCCCC1. The molecule has 0 unspecified atom stereocenters. The first-order valence-electron chi connectivity index (χ1n) is 7.81. The first kappa shape index (κ1) is 14.2. The molecule has 1 aliphatic carbocycles. The first-order valence-corrected chi connectivity index (χ1v) is 8.19. The van der Waals surface area contributed by atoms with Gasteiger partial charge >= 0.3 is 0 Å². The van der Waals surface area contributed by atoms with Crippen LogP contribution >= 0.6 is 11.6 Å². The summed E-state index contributed by atoms with van der Waals surface area (Å²) in [6.07, 6.45) is 7.86. The van der Waals surface area contributed by atoms with Crippen LogP contribution < -0.4 is 10.1 Å². The minimum Gasteiger partial charge on any atom is -0.493 e. The van der Waals surface area contributed by atoms with E-state index in [4.69, 9.17) is 16.3 Å². The fraction of sp³-hybridized carbons (Fsp3) is 0.647. The lowest BCUT2D eigenvalue weighted by Gasteiger charge is -2.33. The van der Waals surface area contributed by atoms with Crippen molar-refractivity contribution < 1.29 is 4.74 Å². The lowest BCUT2D eigenvalue weighted by atomic mass is 9.76. The standard InChI is InChI=1S/C17H24ClNO/c1-17(6-3-2-4-7-17)12-19-11-14-10-15(18)9-13-5-8-20-16(13)14/h9-10,19H,2-8,11-12H2,1H3. The van der Waals surface area contributed by atoms with E-state index in [0.717, 1.165) is 36.9 Å². The van der Waals surface area contributed by atoms with Gasteiger partial charge in [0.05, 0.1) is 6.61 Å². The maximum absolute atomic E-state index is 6.20. The second-order valence-electron chi connectivity index (χ2n) is 6.63. The molecule has 2 aliphatic rings. The van der Waals surface area contributed by atoms with Crippen LogP contribution in [-0.2, 0) is 13.0 Å². The lowest BCUT2D eigenvalue weighted by molar-refractivity contribution is 0.207. The van der Waals surface area contributed by atoms with Crippen LogP contribution in [0, 0.1) is 5.41 Å². The molecule has 0 aromatic heterocycles. The number of halogens is 1. The first-order chi connectivity index (χ1) is 9.66. The summed E-state index contributed by atoms with van der Waals surface area (Å²) in [5.41, 5.74) is 2.95. The number of benzene rings is 1. The number of nitrogens with one attached hydrogen (secondary N) is 1. The van der Waals surface area contributed by atoms with Gasteiger partial charge in [-0.25, -0.2) is 0 Å². The Morgan fingerprint density at radius 3 is 2.85 bits per heavy atom. The third-order valence-electron chi connectivity index (χ3n) is 4.75. The highest BCUT2D eigenvalue weighted by Crippen LogP contribution is 2.36. The molecule has 1 aliphatic heterocycles. The van der Waals surface area contributed by atoms with Crippen LogP contribution in [-0.4, -0.2) is 13.2 Å². The third kappa shape index (κ3) is 3.12. The van der Waals surface area contributed by atoms with Crippen molar-refractivity contribution in [3.8, 4) is 5.75 Å². The van der Waals surface area contributed by atoms with Gasteiger partial charge in [-0.05, 0) is 36.0 Å². The Labute approximate surface area is 126 Å². The molecule has 0 spiro atoms. The van der Waals surface area contributed by atoms with E-state index < -0.39 is 0 Å². The van der Waals surface area contributed by atoms with Gasteiger partial charge in [-0.1, -0.05) is 37.8 Å². The van der Waals surface area contributed by atoms with Gasteiger partial charge < -0.3 is 10.1 Å². The summed E-state index contributed by atoms with van der Waals surface area (Å²) in [7, 11) is 0. The van der Waals surface area contributed by atoms with Crippen molar-refractivity contribution in [1.82, 2.24) is 5.32 Å². The minimum atomic E-state index is 0.473. The second kappa shape index (κ2) is 5.95. The highest BCUT2D eigenvalue weighted by Gasteiger charge is 2.26. The van der Waals surface area contributed by atoms with Crippen molar-refractivity contribution >= 4 is 11.6 Å². The molecule has 0 atom stereocenters. The van der Waals surface area contributed by atoms with Crippen molar-refractivity contribution in [3.63, 3.8) is 0 Å². The zero-order chi connectivity index (χ0) is 14.0. The van der Waals surface area contributed by atoms with Crippen LogP contribution in [0.5, 0.6) is 5.75 Å². The van der Waals surface area contributed by atoms with Crippen molar-refractivity contribution in [1.29, 1.82) is 0 Å². The van der Waals surface area contributed by atoms with Crippen molar-refractivity contribution in [2.45, 2.75) is 52.0 Å². The Morgan fingerprint density at radius 2 is 2.05 bits per heavy atom. The van der Waals surface area contributed by atoms with Crippen LogP contribution in [0.1, 0.15) is 50.2 Å². The molecule has 1 N–H and O–H groups in total. The number of hydrogen-bond donors (Lipinski definition) is 1. The number of rotatable bonds is 4. The normalized spacial score (nSPS) is 20.5. The average molecular weight is 294 g/mol. The van der Waals surface area contributed by atoms with Crippen molar-refractivity contribution in [2.24, 2.45) is 5.41 Å². The Kier molecular flexibility index (Phi) is 4.23. The number of fused-ring (bicyclic) bond motifs is 1. The molecule has 3 rings (SSSR count). The van der Waals surface area contributed by atoms with Crippen LogP contribution in [0.3, 0.4) is 0 Å². The van der Waals surface area contributed by atoms with E-state index in [-0.39, 0.29) is 0 Å². The molecule has 1 fully saturated rings. The van der Waals surface area contributed by atoms with Gasteiger partial charge in [0.15, 0.2) is 0 Å². The monoisotopic (exact) mass is 293 g/mol. The largest absolute Gasteiger partial charge is 0.493 e. The van der Waals surface area contributed by atoms with Crippen LogP contribution in [0.15, 0.2) is 12.1 Å². The van der Waals surface area contributed by atoms with Gasteiger partial charge in [-0.15, -0.1) is 0 Å². The molecule has 1 aromatic carbocycles. The number of hydrogen-bond acceptors (Lipinski definition) is 2. The molecule has 1 aromatic rings. The van der Waals surface area contributed by atoms with E-state index in [0.29, 0.717) is 5.41 Å². The fourth-order valence-corrected chi connectivity index (χ4v) is 3.82. The molecule has 3 heteroatoms. The summed E-state index contributed by atoms with van der Waals surface area (Å²) in [5, 5.41) is 4.46. The minimum absolute atomic E-state index is 0.473. The molecule has 20 heavy (non-hydrogen) atoms. The summed E-state index contributed by atoms with van der Waals surface area (Å²) in [6.45, 7) is 5.16. The molecular formula is C17H24ClNO. The maximum atomic E-state index is 6.20. The number of ether oxygens (including phenoxy) is 1. The molecule has 2 nitrogen and oxygen atoms in total. The van der Waals surface area contributed by atoms with Crippen molar-refractivity contribution in [3.05, 3.63) is 28.3 Å². The fourth-order valence-electron chi connectivity index (χ4n) is 3.56. The smallest absolute Gasteiger partial charge is 0.127 e. The van der Waals surface area contributed by atoms with Gasteiger partial charge in [0.1, 0.15) is 5.75 Å². The zero-order valence-electron chi connectivity index (χ0n) is 12.3. The molecule has 0 amide bonds. The summed E-state index contributed by atoms with van der Waals surface area (Å²) in [5.74, 6) is 1.07. The average Bonchev–Trinajstić information content (AvgIpc) is 2.87. The van der Waals surface area contributed by atoms with E-state index in [1.54, 1.807) is 0 Å². The highest BCUT2D eigenvalue weighted by molar-refractivity contribution is 6.30. The molecule has 0 radical (unpaired) electrons. The van der Waals surface area contributed by atoms with Crippen LogP contribution in [0.2, 0.25) is 5.02 Å². The Balaban J connectivity index is 1.61. The van der Waals surface area contributed by atoms with Gasteiger partial charge in [-0.2, -0.15) is 0 Å². The van der Waals surface area contributed by atoms with Gasteiger partial charge in [-0.3, -0.25) is 0 Å². The Bertz CT molecular complexity index is 480. The lowest BCUT2D eigenvalue weighted by Crippen LogP contribution is -2.33. The Morgan fingerprint density at radius 1 is 1.25 bits per heavy atom. The van der Waals surface area contributed by atoms with Crippen LogP contribution in [0.25, 0.3) is 0 Å². The molecular weight excluding hydrogens is 270 g/mol. The maximum Gasteiger partial charge on any atom is 0.127 e. The van der Waals surface area contributed by atoms with Gasteiger partial charge in [0, 0.05) is 30.1 Å². The summed E-state index contributed by atoms with van der Waals surface area (Å²) >= 11 is 6.20. The van der Waals surface area contributed by atoms with Crippen LogP contribution in [0.4, 0.5) is 0 Å². The predicted molar refractivity (Wildman–Crippen MR) is 83.5 cm³/mol. The Hall–Kier alpha value is -0.730. The predicted octanol–water partition coefficient (Wildman–Crippen LogP) is 4.33. The quantitative estimate of drug-likeness (QED) is 0.892. The highest BCUT2D eigenvalue weighted by atomic mass is 35.5. The molecule has 0 bridgehead atoms. The van der Waals surface area contributed by atoms with E-state index in [1.165, 1.54) is 43.2 Å². The van der Waals surface area contributed by atoms with Crippen molar-refractivity contribution in [2.75, 3.05) is 13.2 Å². The topological polar surface area (TPSA) is 21.3 Å². The second-order valence-corrected chi connectivity index (χ2v) is 7.06. The molecule has 0 saturated heterocycles. The molecule has 1 heterocycles. The van der Waals surface area contributed by atoms with E-state index in [9.17, 15) is 0 Å². The van der Waals surface area contributed by atoms with Gasteiger partial charge in [0.2, 0.25) is 0 Å². The summed E-state index contributed by atoms with van der Waals surface area (Å²) in [4.78, 5) is 0. The zero-order valence-corrected chi connectivity index (χ0v) is 13.1. The van der Waals surface area contributed by atoms with Gasteiger partial charge in [0.25, 0.3) is 0 Å².